The lowest BCUT2D eigenvalue weighted by atomic mass is 10.4. The van der Waals surface area contributed by atoms with Crippen LogP contribution in [0, 0.1) is 0 Å². The van der Waals surface area contributed by atoms with Crippen LogP contribution in [0.4, 0.5) is 0 Å². The zero-order chi connectivity index (χ0) is 22.9. The van der Waals surface area contributed by atoms with Gasteiger partial charge in [-0.05, 0) is 45.0 Å². The fourth-order valence-electron chi connectivity index (χ4n) is 3.28. The maximum absolute atomic E-state index is 7.06. The van der Waals surface area contributed by atoms with Gasteiger partial charge >= 0.3 is 0 Å². The van der Waals surface area contributed by atoms with Crippen molar-refractivity contribution in [1.29, 1.82) is 0 Å². The zero-order valence-corrected chi connectivity index (χ0v) is 23.3. The first-order valence-electron chi connectivity index (χ1n) is 9.27. The average molecular weight is 584 g/mol. The van der Waals surface area contributed by atoms with Crippen LogP contribution in [0.1, 0.15) is 0 Å². The normalized spacial score (nSPS) is 24.5. The molecule has 0 saturated carbocycles. The molecule has 0 bridgehead atoms. The Morgan fingerprint density at radius 2 is 1.06 bits per heavy atom. The van der Waals surface area contributed by atoms with Gasteiger partial charge in [-0.3, -0.25) is 0 Å². The van der Waals surface area contributed by atoms with Gasteiger partial charge < -0.3 is 4.52 Å². The van der Waals surface area contributed by atoms with Gasteiger partial charge in [-0.15, -0.1) is 0 Å². The van der Waals surface area contributed by atoms with Crippen LogP contribution in [0.5, 0.6) is 0 Å². The molecule has 4 rings (SSSR count). The van der Waals surface area contributed by atoms with E-state index in [1.807, 2.05) is 91.0 Å². The second-order valence-corrected chi connectivity index (χ2v) is 21.5. The Morgan fingerprint density at radius 1 is 0.656 bits per heavy atom. The molecule has 3 aromatic rings. The maximum atomic E-state index is 7.06. The third-order valence-electron chi connectivity index (χ3n) is 4.53. The Labute approximate surface area is 207 Å². The highest BCUT2D eigenvalue weighted by molar-refractivity contribution is 8.17. The molecular weight excluding hydrogens is 566 g/mol. The van der Waals surface area contributed by atoms with Crippen molar-refractivity contribution in [2.24, 2.45) is 18.1 Å². The van der Waals surface area contributed by atoms with Gasteiger partial charge in [0, 0.05) is 23.0 Å². The van der Waals surface area contributed by atoms with Gasteiger partial charge in [-0.1, -0.05) is 91.0 Å². The first-order valence-corrected chi connectivity index (χ1v) is 19.6. The molecule has 32 heavy (non-hydrogen) atoms. The molecule has 0 spiro atoms. The molecule has 0 aliphatic carbocycles. The number of hydrogen-bond donors (Lipinski definition) is 0. The Kier molecular flexibility index (Phi) is 7.56. The largest absolute Gasteiger partial charge is 0.319 e. The summed E-state index contributed by atoms with van der Waals surface area (Å²) in [6, 6.07) is 30.0. The van der Waals surface area contributed by atoms with Crippen molar-refractivity contribution in [3.63, 3.8) is 0 Å². The molecular formula is C19H18Cl4N4OP4. The summed E-state index contributed by atoms with van der Waals surface area (Å²) in [5.41, 5.74) is 0. The van der Waals surface area contributed by atoms with Crippen LogP contribution in [-0.2, 0) is 4.52 Å². The summed E-state index contributed by atoms with van der Waals surface area (Å²) in [5.74, 6) is -3.22. The molecule has 0 unspecified atom stereocenters. The number of halogens is 4. The van der Waals surface area contributed by atoms with E-state index in [0.717, 1.165) is 15.9 Å². The van der Waals surface area contributed by atoms with Crippen molar-refractivity contribution in [1.82, 2.24) is 0 Å². The molecule has 13 heteroatoms. The number of rotatable bonds is 5. The Hall–Kier alpha value is -0.300. The van der Waals surface area contributed by atoms with Crippen LogP contribution in [-0.4, -0.2) is 7.11 Å². The van der Waals surface area contributed by atoms with E-state index in [4.69, 9.17) is 54.0 Å². The number of benzene rings is 3. The molecule has 0 amide bonds. The summed E-state index contributed by atoms with van der Waals surface area (Å²) < 4.78 is 23.8. The van der Waals surface area contributed by atoms with Gasteiger partial charge in [0.1, 0.15) is 0 Å². The lowest BCUT2D eigenvalue weighted by Crippen LogP contribution is -2.25. The monoisotopic (exact) mass is 582 g/mol. The molecule has 0 fully saturated rings. The fraction of sp³-hybridized carbons (Fsp3) is 0.0526. The Balaban J connectivity index is 2.21. The van der Waals surface area contributed by atoms with Crippen LogP contribution in [0.15, 0.2) is 109 Å². The number of hydrogen-bond acceptors (Lipinski definition) is 5. The molecule has 1 aliphatic rings. The Morgan fingerprint density at radius 3 is 1.44 bits per heavy atom. The van der Waals surface area contributed by atoms with E-state index in [9.17, 15) is 0 Å². The standard InChI is InChI=1S/C19H18Cl4N4OP4/c1-28-32(23)26-30(20,21)25-31(22,27-32)24-29(17-11-5-2-6-12-17,18-13-7-3-8-14-18)19-15-9-4-10-16-19/h2-16H,1H3/t31-,32+/m1/s1. The summed E-state index contributed by atoms with van der Waals surface area (Å²) in [7, 11) is -1.29. The van der Waals surface area contributed by atoms with Crippen molar-refractivity contribution in [2.45, 2.75) is 0 Å². The molecule has 3 aromatic carbocycles. The van der Waals surface area contributed by atoms with Gasteiger partial charge in [-0.25, -0.2) is 4.52 Å². The van der Waals surface area contributed by atoms with Crippen molar-refractivity contribution in [2.75, 3.05) is 7.11 Å². The topological polar surface area (TPSA) is 58.7 Å². The van der Waals surface area contributed by atoms with Crippen molar-refractivity contribution >= 4 is 87.3 Å². The van der Waals surface area contributed by atoms with Crippen LogP contribution >= 0.6 is 71.4 Å². The van der Waals surface area contributed by atoms with Crippen LogP contribution in [0.3, 0.4) is 0 Å². The molecule has 1 aliphatic heterocycles. The summed E-state index contributed by atoms with van der Waals surface area (Å²) in [5, 5.41) is 2.98. The maximum Gasteiger partial charge on any atom is 0.299 e. The van der Waals surface area contributed by atoms with E-state index in [-0.39, 0.29) is 0 Å². The van der Waals surface area contributed by atoms with Gasteiger partial charge in [0.05, 0.1) is 7.05 Å². The highest BCUT2D eigenvalue weighted by Crippen LogP contribution is 2.87. The van der Waals surface area contributed by atoms with Crippen molar-refractivity contribution in [3.05, 3.63) is 91.0 Å². The van der Waals surface area contributed by atoms with E-state index < -0.39 is 26.5 Å². The predicted molar refractivity (Wildman–Crippen MR) is 146 cm³/mol. The molecule has 2 atom stereocenters. The van der Waals surface area contributed by atoms with Crippen molar-refractivity contribution in [3.8, 4) is 0 Å². The fourth-order valence-corrected chi connectivity index (χ4v) is 24.0. The second-order valence-electron chi connectivity index (χ2n) is 6.61. The quantitative estimate of drug-likeness (QED) is 0.276. The van der Waals surface area contributed by atoms with Gasteiger partial charge in [0.15, 0.2) is 0 Å². The predicted octanol–water partition coefficient (Wildman–Crippen LogP) is 9.62. The lowest BCUT2D eigenvalue weighted by Gasteiger charge is -2.29. The highest BCUT2D eigenvalue weighted by atomic mass is 35.9. The SMILES string of the molecule is CO[P@]1(Cl)=N[P@](Cl)(N=P(c2ccccc2)(c2ccccc2)c2ccccc2)=NP(Cl)(Cl)=N1. The summed E-state index contributed by atoms with van der Waals surface area (Å²) in [6.07, 6.45) is 0. The van der Waals surface area contributed by atoms with E-state index in [0.29, 0.717) is 0 Å². The van der Waals surface area contributed by atoms with E-state index in [1.54, 1.807) is 0 Å². The van der Waals surface area contributed by atoms with Crippen LogP contribution < -0.4 is 15.9 Å². The minimum atomic E-state index is -3.36. The smallest absolute Gasteiger partial charge is 0.299 e. The summed E-state index contributed by atoms with van der Waals surface area (Å²) in [6.45, 7) is -6.55. The summed E-state index contributed by atoms with van der Waals surface area (Å²) in [4.78, 5) is 0. The molecule has 5 nitrogen and oxygen atoms in total. The van der Waals surface area contributed by atoms with Gasteiger partial charge in [0.25, 0.3) is 19.4 Å². The molecule has 0 N–H and O–H groups in total. The third kappa shape index (κ3) is 5.18. The summed E-state index contributed by atoms with van der Waals surface area (Å²) >= 11 is 26.5. The van der Waals surface area contributed by atoms with Crippen molar-refractivity contribution < 1.29 is 4.52 Å². The number of nitrogens with zero attached hydrogens (tertiary/aromatic N) is 4. The highest BCUT2D eigenvalue weighted by Gasteiger charge is 2.37. The first kappa shape index (κ1) is 24.8. The second kappa shape index (κ2) is 9.75. The van der Waals surface area contributed by atoms with E-state index >= 15 is 0 Å². The third-order valence-corrected chi connectivity index (χ3v) is 21.3. The van der Waals surface area contributed by atoms with Crippen LogP contribution in [0.2, 0.25) is 0 Å². The first-order chi connectivity index (χ1) is 15.2. The molecule has 1 heterocycles. The molecule has 0 aromatic heterocycles. The minimum absolute atomic E-state index is 0.995. The van der Waals surface area contributed by atoms with Gasteiger partial charge in [0.2, 0.25) is 0 Å². The van der Waals surface area contributed by atoms with Crippen LogP contribution in [0.25, 0.3) is 0 Å². The minimum Gasteiger partial charge on any atom is -0.319 e. The van der Waals surface area contributed by atoms with E-state index in [2.05, 4.69) is 13.5 Å². The Bertz CT molecular complexity index is 1240. The lowest BCUT2D eigenvalue weighted by molar-refractivity contribution is 0.465. The molecule has 168 valence electrons. The zero-order valence-electron chi connectivity index (χ0n) is 16.7. The van der Waals surface area contributed by atoms with Gasteiger partial charge in [-0.2, -0.15) is 13.5 Å². The molecule has 0 radical (unpaired) electrons. The van der Waals surface area contributed by atoms with E-state index in [1.165, 1.54) is 7.11 Å². The molecule has 0 saturated heterocycles. The average Bonchev–Trinajstić information content (AvgIpc) is 2.78.